The molecule has 2 aromatic rings. The smallest absolute Gasteiger partial charge is 0.313 e. The molecule has 0 heterocycles. The molecule has 0 spiro atoms. The Labute approximate surface area is 128 Å². The molecule has 6 heteroatoms. The van der Waals surface area contributed by atoms with Gasteiger partial charge in [-0.25, -0.2) is 0 Å². The molecule has 2 rings (SSSR count). The summed E-state index contributed by atoms with van der Waals surface area (Å²) in [6, 6.07) is 13.9. The van der Waals surface area contributed by atoms with Crippen molar-refractivity contribution >= 4 is 17.3 Å². The van der Waals surface area contributed by atoms with Gasteiger partial charge in [0.25, 0.3) is 0 Å². The van der Waals surface area contributed by atoms with Crippen LogP contribution in [-0.2, 0) is 11.4 Å². The Hall–Kier alpha value is -2.89. The highest BCUT2D eigenvalue weighted by Gasteiger charge is 2.18. The highest BCUT2D eigenvalue weighted by Crippen LogP contribution is 2.32. The minimum absolute atomic E-state index is 0.165. The zero-order valence-electron chi connectivity index (χ0n) is 12.4. The van der Waals surface area contributed by atoms with Crippen molar-refractivity contribution in [2.75, 3.05) is 11.9 Å². The number of benzene rings is 2. The summed E-state index contributed by atoms with van der Waals surface area (Å²) < 4.78 is 5.53. The first-order chi connectivity index (χ1) is 10.5. The predicted octanol–water partition coefficient (Wildman–Crippen LogP) is 3.16. The van der Waals surface area contributed by atoms with Crippen LogP contribution in [0.4, 0.5) is 11.4 Å². The van der Waals surface area contributed by atoms with Gasteiger partial charge in [0.2, 0.25) is 5.91 Å². The number of ether oxygens (including phenoxy) is 1. The second kappa shape index (κ2) is 6.71. The zero-order chi connectivity index (χ0) is 16.1. The lowest BCUT2D eigenvalue weighted by Crippen LogP contribution is -2.22. The number of nitro benzene ring substituents is 1. The monoisotopic (exact) mass is 300 g/mol. The van der Waals surface area contributed by atoms with Crippen molar-refractivity contribution in [3.63, 3.8) is 0 Å². The number of rotatable bonds is 5. The largest absolute Gasteiger partial charge is 0.482 e. The molecule has 0 saturated heterocycles. The number of carbonyl (C=O) groups is 1. The van der Waals surface area contributed by atoms with E-state index < -0.39 is 4.92 Å². The van der Waals surface area contributed by atoms with Crippen molar-refractivity contribution < 1.29 is 14.5 Å². The summed E-state index contributed by atoms with van der Waals surface area (Å²) in [7, 11) is 1.56. The predicted molar refractivity (Wildman–Crippen MR) is 83.0 cm³/mol. The molecule has 114 valence electrons. The number of hydrogen-bond donors (Lipinski definition) is 0. The van der Waals surface area contributed by atoms with Crippen LogP contribution in [0, 0.1) is 10.1 Å². The van der Waals surface area contributed by atoms with Gasteiger partial charge in [-0.3, -0.25) is 14.9 Å². The number of nitrogens with zero attached hydrogens (tertiary/aromatic N) is 2. The van der Waals surface area contributed by atoms with Gasteiger partial charge in [0.1, 0.15) is 6.61 Å². The quantitative estimate of drug-likeness (QED) is 0.628. The third kappa shape index (κ3) is 3.60. The van der Waals surface area contributed by atoms with Gasteiger partial charge in [-0.1, -0.05) is 30.3 Å². The molecule has 0 radical (unpaired) electrons. The zero-order valence-corrected chi connectivity index (χ0v) is 12.4. The van der Waals surface area contributed by atoms with Crippen LogP contribution < -0.4 is 9.64 Å². The number of amides is 1. The molecule has 0 saturated carbocycles. The van der Waals surface area contributed by atoms with E-state index in [-0.39, 0.29) is 24.0 Å². The van der Waals surface area contributed by atoms with Crippen LogP contribution in [0.25, 0.3) is 0 Å². The summed E-state index contributed by atoms with van der Waals surface area (Å²) in [6.07, 6.45) is 0. The minimum Gasteiger partial charge on any atom is -0.482 e. The minimum atomic E-state index is -0.516. The van der Waals surface area contributed by atoms with Crippen LogP contribution in [0.1, 0.15) is 12.5 Å². The topological polar surface area (TPSA) is 72.7 Å². The lowest BCUT2D eigenvalue weighted by atomic mass is 10.2. The van der Waals surface area contributed by atoms with E-state index in [0.717, 1.165) is 5.56 Å². The first kappa shape index (κ1) is 15.5. The molecule has 6 nitrogen and oxygen atoms in total. The van der Waals surface area contributed by atoms with Crippen molar-refractivity contribution in [1.82, 2.24) is 0 Å². The number of carbonyl (C=O) groups excluding carboxylic acids is 1. The Balaban J connectivity index is 2.24. The van der Waals surface area contributed by atoms with Crippen molar-refractivity contribution in [3.05, 3.63) is 64.2 Å². The fraction of sp³-hybridized carbons (Fsp3) is 0.188. The van der Waals surface area contributed by atoms with Crippen molar-refractivity contribution in [1.29, 1.82) is 0 Å². The summed E-state index contributed by atoms with van der Waals surface area (Å²) in [5.74, 6) is -0.0261. The van der Waals surface area contributed by atoms with E-state index in [9.17, 15) is 14.9 Å². The molecule has 0 N–H and O–H groups in total. The maximum Gasteiger partial charge on any atom is 0.313 e. The molecule has 0 fully saturated rings. The van der Waals surface area contributed by atoms with Crippen LogP contribution in [0.5, 0.6) is 5.75 Å². The van der Waals surface area contributed by atoms with Crippen LogP contribution >= 0.6 is 0 Å². The molecule has 0 aliphatic heterocycles. The molecule has 2 aromatic carbocycles. The molecular formula is C16H16N2O4. The summed E-state index contributed by atoms with van der Waals surface area (Å²) in [4.78, 5) is 23.4. The molecule has 0 bridgehead atoms. The second-order valence-electron chi connectivity index (χ2n) is 4.76. The lowest BCUT2D eigenvalue weighted by Gasteiger charge is -2.15. The fourth-order valence-electron chi connectivity index (χ4n) is 1.90. The standard InChI is InChI=1S/C16H16N2O4/c1-12(19)17(2)14-8-9-16(15(10-14)18(20)21)22-11-13-6-4-3-5-7-13/h3-10H,11H2,1-2H3. The van der Waals surface area contributed by atoms with Gasteiger partial charge in [0.05, 0.1) is 10.6 Å². The average Bonchev–Trinajstić information content (AvgIpc) is 2.52. The van der Waals surface area contributed by atoms with Gasteiger partial charge < -0.3 is 9.64 Å². The summed E-state index contributed by atoms with van der Waals surface area (Å²) in [6.45, 7) is 1.63. The molecule has 0 atom stereocenters. The highest BCUT2D eigenvalue weighted by atomic mass is 16.6. The molecule has 1 amide bonds. The Morgan fingerprint density at radius 2 is 1.91 bits per heavy atom. The van der Waals surface area contributed by atoms with Crippen molar-refractivity contribution in [2.45, 2.75) is 13.5 Å². The van der Waals surface area contributed by atoms with Crippen LogP contribution in [0.2, 0.25) is 0 Å². The van der Waals surface area contributed by atoms with Gasteiger partial charge in [-0.05, 0) is 17.7 Å². The van der Waals surface area contributed by atoms with E-state index in [4.69, 9.17) is 4.74 Å². The number of nitro groups is 1. The van der Waals surface area contributed by atoms with E-state index >= 15 is 0 Å². The van der Waals surface area contributed by atoms with E-state index in [0.29, 0.717) is 5.69 Å². The first-order valence-corrected chi connectivity index (χ1v) is 6.68. The second-order valence-corrected chi connectivity index (χ2v) is 4.76. The maximum absolute atomic E-state index is 11.3. The third-order valence-corrected chi connectivity index (χ3v) is 3.24. The molecule has 22 heavy (non-hydrogen) atoms. The Kier molecular flexibility index (Phi) is 4.73. The van der Waals surface area contributed by atoms with Crippen LogP contribution in [0.15, 0.2) is 48.5 Å². The van der Waals surface area contributed by atoms with E-state index in [1.165, 1.54) is 24.0 Å². The van der Waals surface area contributed by atoms with Gasteiger partial charge >= 0.3 is 5.69 Å². The van der Waals surface area contributed by atoms with E-state index in [1.807, 2.05) is 30.3 Å². The Bertz CT molecular complexity index is 686. The van der Waals surface area contributed by atoms with Crippen LogP contribution in [-0.4, -0.2) is 17.9 Å². The summed E-state index contributed by atoms with van der Waals surface area (Å²) in [5.41, 5.74) is 1.20. The molecule has 0 unspecified atom stereocenters. The summed E-state index contributed by atoms with van der Waals surface area (Å²) >= 11 is 0. The third-order valence-electron chi connectivity index (χ3n) is 3.24. The summed E-state index contributed by atoms with van der Waals surface area (Å²) in [5, 5.41) is 11.2. The van der Waals surface area contributed by atoms with Crippen LogP contribution in [0.3, 0.4) is 0 Å². The molecule has 0 aliphatic carbocycles. The van der Waals surface area contributed by atoms with Gasteiger partial charge in [-0.15, -0.1) is 0 Å². The SMILES string of the molecule is CC(=O)N(C)c1ccc(OCc2ccccc2)c([N+](=O)[O-])c1. The van der Waals surface area contributed by atoms with Gasteiger partial charge in [-0.2, -0.15) is 0 Å². The van der Waals surface area contributed by atoms with E-state index in [2.05, 4.69) is 0 Å². The fourth-order valence-corrected chi connectivity index (χ4v) is 1.90. The molecule has 0 aliphatic rings. The van der Waals surface area contributed by atoms with E-state index in [1.54, 1.807) is 13.1 Å². The lowest BCUT2D eigenvalue weighted by molar-refractivity contribution is -0.385. The maximum atomic E-state index is 11.3. The van der Waals surface area contributed by atoms with Crippen molar-refractivity contribution in [3.8, 4) is 5.75 Å². The first-order valence-electron chi connectivity index (χ1n) is 6.68. The molecule has 0 aromatic heterocycles. The Morgan fingerprint density at radius 3 is 2.50 bits per heavy atom. The Morgan fingerprint density at radius 1 is 1.23 bits per heavy atom. The normalized spacial score (nSPS) is 10.1. The van der Waals surface area contributed by atoms with Crippen molar-refractivity contribution in [2.24, 2.45) is 0 Å². The highest BCUT2D eigenvalue weighted by molar-refractivity contribution is 5.91. The van der Waals surface area contributed by atoms with Gasteiger partial charge in [0.15, 0.2) is 5.75 Å². The van der Waals surface area contributed by atoms with Gasteiger partial charge in [0, 0.05) is 20.0 Å². The average molecular weight is 300 g/mol. The molecular weight excluding hydrogens is 284 g/mol. The number of anilines is 1. The number of hydrogen-bond acceptors (Lipinski definition) is 4.